The molecule has 5 rings (SSSR count). The number of allylic oxidation sites excluding steroid dienone is 1. The van der Waals surface area contributed by atoms with Crippen LogP contribution in [0.2, 0.25) is 0 Å². The Morgan fingerprint density at radius 2 is 1.55 bits per heavy atom. The number of fused-ring (bicyclic) bond motifs is 3. The first-order chi connectivity index (χ1) is 14.2. The lowest BCUT2D eigenvalue weighted by molar-refractivity contribution is 0.0934. The highest BCUT2D eigenvalue weighted by Crippen LogP contribution is 2.38. The Bertz CT molecular complexity index is 1140. The lowest BCUT2D eigenvalue weighted by Crippen LogP contribution is -2.35. The first kappa shape index (κ1) is 17.6. The number of carbonyl (C=O) groups is 2. The summed E-state index contributed by atoms with van der Waals surface area (Å²) in [6, 6.07) is 23.2. The molecule has 3 heteroatoms. The van der Waals surface area contributed by atoms with Crippen molar-refractivity contribution in [2.75, 3.05) is 0 Å². The molecule has 1 saturated carbocycles. The molecule has 3 aromatic carbocycles. The van der Waals surface area contributed by atoms with Gasteiger partial charge >= 0.3 is 0 Å². The number of ketones is 1. The van der Waals surface area contributed by atoms with Gasteiger partial charge in [0, 0.05) is 11.1 Å². The van der Waals surface area contributed by atoms with Gasteiger partial charge in [-0.1, -0.05) is 78.4 Å². The van der Waals surface area contributed by atoms with Crippen LogP contribution in [-0.2, 0) is 6.42 Å². The molecule has 0 saturated heterocycles. The summed E-state index contributed by atoms with van der Waals surface area (Å²) in [5.41, 5.74) is 5.95. The first-order valence-electron chi connectivity index (χ1n) is 10.0. The van der Waals surface area contributed by atoms with Gasteiger partial charge in [0.05, 0.1) is 11.6 Å². The number of nitrogens with one attached hydrogen (secondary N) is 1. The van der Waals surface area contributed by atoms with Crippen LogP contribution in [0.1, 0.15) is 44.7 Å². The molecule has 2 aliphatic rings. The second-order valence-corrected chi connectivity index (χ2v) is 7.70. The molecule has 1 N–H and O–H groups in total. The Labute approximate surface area is 170 Å². The van der Waals surface area contributed by atoms with E-state index in [-0.39, 0.29) is 17.7 Å². The van der Waals surface area contributed by atoms with Gasteiger partial charge in [0.1, 0.15) is 0 Å². The van der Waals surface area contributed by atoms with E-state index in [9.17, 15) is 9.59 Å². The van der Waals surface area contributed by atoms with E-state index < -0.39 is 0 Å². The van der Waals surface area contributed by atoms with Crippen molar-refractivity contribution in [3.8, 4) is 11.1 Å². The van der Waals surface area contributed by atoms with Gasteiger partial charge in [-0.3, -0.25) is 9.59 Å². The summed E-state index contributed by atoms with van der Waals surface area (Å²) < 4.78 is 0. The molecule has 1 amide bonds. The molecule has 2 aliphatic carbocycles. The van der Waals surface area contributed by atoms with Crippen LogP contribution >= 0.6 is 0 Å². The highest BCUT2D eigenvalue weighted by Gasteiger charge is 2.31. The van der Waals surface area contributed by atoms with Crippen LogP contribution in [0, 0.1) is 0 Å². The molecular formula is C26H21NO2. The van der Waals surface area contributed by atoms with Crippen LogP contribution in [0.25, 0.3) is 11.1 Å². The van der Waals surface area contributed by atoms with E-state index in [2.05, 4.69) is 23.5 Å². The van der Waals surface area contributed by atoms with Crippen LogP contribution in [0.15, 0.2) is 84.4 Å². The summed E-state index contributed by atoms with van der Waals surface area (Å²) in [7, 11) is 0. The molecule has 1 unspecified atom stereocenters. The fraction of sp³-hybridized carbons (Fsp3) is 0.154. The Morgan fingerprint density at radius 3 is 2.31 bits per heavy atom. The third-order valence-corrected chi connectivity index (χ3v) is 5.59. The van der Waals surface area contributed by atoms with Gasteiger partial charge < -0.3 is 5.32 Å². The van der Waals surface area contributed by atoms with Gasteiger partial charge in [-0.15, -0.1) is 0 Å². The maximum absolute atomic E-state index is 13.2. The average Bonchev–Trinajstić information content (AvgIpc) is 3.52. The summed E-state index contributed by atoms with van der Waals surface area (Å²) in [5, 5.41) is 3.16. The Morgan fingerprint density at radius 1 is 0.862 bits per heavy atom. The highest BCUT2D eigenvalue weighted by atomic mass is 16.2. The minimum absolute atomic E-state index is 0.0680. The van der Waals surface area contributed by atoms with Crippen molar-refractivity contribution in [1.82, 2.24) is 5.32 Å². The summed E-state index contributed by atoms with van der Waals surface area (Å²) in [4.78, 5) is 26.2. The molecule has 1 atom stereocenters. The Kier molecular flexibility index (Phi) is 4.36. The predicted molar refractivity (Wildman–Crippen MR) is 114 cm³/mol. The van der Waals surface area contributed by atoms with Crippen molar-refractivity contribution >= 4 is 11.7 Å². The number of hydrogen-bond donors (Lipinski definition) is 1. The zero-order valence-corrected chi connectivity index (χ0v) is 16.0. The SMILES string of the molecule is O=C(NC(C=C1CC1)Cc1ccccc1)c1cccc2c1C(=O)c1ccccc1-2. The monoisotopic (exact) mass is 379 g/mol. The van der Waals surface area contributed by atoms with Crippen molar-refractivity contribution in [1.29, 1.82) is 0 Å². The Balaban J connectivity index is 1.45. The molecule has 0 aliphatic heterocycles. The fourth-order valence-corrected chi connectivity index (χ4v) is 4.05. The van der Waals surface area contributed by atoms with E-state index in [1.54, 1.807) is 6.07 Å². The van der Waals surface area contributed by atoms with Gasteiger partial charge in [-0.25, -0.2) is 0 Å². The van der Waals surface area contributed by atoms with Crippen LogP contribution in [0.5, 0.6) is 0 Å². The molecule has 3 nitrogen and oxygen atoms in total. The van der Waals surface area contributed by atoms with Gasteiger partial charge in [0.25, 0.3) is 5.91 Å². The van der Waals surface area contributed by atoms with Gasteiger partial charge in [0.2, 0.25) is 0 Å². The zero-order valence-electron chi connectivity index (χ0n) is 16.0. The number of rotatable bonds is 5. The van der Waals surface area contributed by atoms with Crippen molar-refractivity contribution in [3.63, 3.8) is 0 Å². The normalized spacial score (nSPS) is 14.8. The maximum atomic E-state index is 13.2. The zero-order chi connectivity index (χ0) is 19.8. The van der Waals surface area contributed by atoms with E-state index >= 15 is 0 Å². The van der Waals surface area contributed by atoms with Gasteiger partial charge in [0.15, 0.2) is 5.78 Å². The molecule has 1 fully saturated rings. The summed E-state index contributed by atoms with van der Waals surface area (Å²) >= 11 is 0. The average molecular weight is 379 g/mol. The number of benzene rings is 3. The van der Waals surface area contributed by atoms with E-state index in [1.165, 1.54) is 11.1 Å². The smallest absolute Gasteiger partial charge is 0.252 e. The van der Waals surface area contributed by atoms with E-state index in [1.807, 2.05) is 54.6 Å². The number of hydrogen-bond acceptors (Lipinski definition) is 2. The number of carbonyl (C=O) groups excluding carboxylic acids is 2. The summed E-state index contributed by atoms with van der Waals surface area (Å²) in [5.74, 6) is -0.261. The fourth-order valence-electron chi connectivity index (χ4n) is 4.05. The molecule has 142 valence electrons. The third kappa shape index (κ3) is 3.40. The van der Waals surface area contributed by atoms with Crippen molar-refractivity contribution in [3.05, 3.63) is 107 Å². The topological polar surface area (TPSA) is 46.2 Å². The second-order valence-electron chi connectivity index (χ2n) is 7.70. The molecule has 0 bridgehead atoms. The van der Waals surface area contributed by atoms with Gasteiger partial charge in [-0.2, -0.15) is 0 Å². The first-order valence-corrected chi connectivity index (χ1v) is 10.0. The van der Waals surface area contributed by atoms with Crippen LogP contribution in [0.4, 0.5) is 0 Å². The number of amides is 1. The minimum atomic E-state index is -0.193. The predicted octanol–water partition coefficient (Wildman–Crippen LogP) is 4.96. The second kappa shape index (κ2) is 7.17. The highest BCUT2D eigenvalue weighted by molar-refractivity contribution is 6.25. The largest absolute Gasteiger partial charge is 0.345 e. The van der Waals surface area contributed by atoms with Crippen molar-refractivity contribution in [2.24, 2.45) is 0 Å². The molecule has 29 heavy (non-hydrogen) atoms. The van der Waals surface area contributed by atoms with Gasteiger partial charge in [-0.05, 0) is 42.0 Å². The third-order valence-electron chi connectivity index (χ3n) is 5.59. The minimum Gasteiger partial charge on any atom is -0.345 e. The van der Waals surface area contributed by atoms with Crippen molar-refractivity contribution in [2.45, 2.75) is 25.3 Å². The lowest BCUT2D eigenvalue weighted by Gasteiger charge is -2.17. The maximum Gasteiger partial charge on any atom is 0.252 e. The quantitative estimate of drug-likeness (QED) is 0.498. The van der Waals surface area contributed by atoms with E-state index in [0.29, 0.717) is 16.7 Å². The van der Waals surface area contributed by atoms with Crippen LogP contribution in [-0.4, -0.2) is 17.7 Å². The van der Waals surface area contributed by atoms with Crippen molar-refractivity contribution < 1.29 is 9.59 Å². The molecular weight excluding hydrogens is 358 g/mol. The van der Waals surface area contributed by atoms with E-state index in [0.717, 1.165) is 30.4 Å². The van der Waals surface area contributed by atoms with E-state index in [4.69, 9.17) is 0 Å². The van der Waals surface area contributed by atoms with Crippen LogP contribution < -0.4 is 5.32 Å². The van der Waals surface area contributed by atoms with Crippen LogP contribution in [0.3, 0.4) is 0 Å². The molecule has 0 spiro atoms. The Hall–Kier alpha value is -3.46. The molecule has 0 heterocycles. The summed E-state index contributed by atoms with van der Waals surface area (Å²) in [6.07, 6.45) is 5.12. The summed E-state index contributed by atoms with van der Waals surface area (Å²) in [6.45, 7) is 0. The lowest BCUT2D eigenvalue weighted by atomic mass is 9.99. The molecule has 0 aromatic heterocycles. The molecule has 0 radical (unpaired) electrons. The molecule has 3 aromatic rings. The standard InChI is InChI=1S/C26H21NO2/c28-25-22-10-5-4-9-20(22)21-11-6-12-23(24(21)25)26(29)27-19(16-18-13-14-18)15-17-7-2-1-3-8-17/h1-12,16,19H,13-15H2,(H,27,29).